The van der Waals surface area contributed by atoms with Crippen LogP contribution in [0.5, 0.6) is 5.75 Å². The number of ether oxygens (including phenoxy) is 2. The molecule has 3 aliphatic heterocycles. The lowest BCUT2D eigenvalue weighted by molar-refractivity contribution is -0.151. The number of nitrogens with zero attached hydrogens (tertiary/aromatic N) is 6. The van der Waals surface area contributed by atoms with E-state index in [-0.39, 0.29) is 36.6 Å². The van der Waals surface area contributed by atoms with E-state index in [0.717, 1.165) is 75.3 Å². The Kier molecular flexibility index (Phi) is 11.2. The molecule has 0 aliphatic carbocycles. The lowest BCUT2D eigenvalue weighted by Gasteiger charge is -2.45. The van der Waals surface area contributed by atoms with Gasteiger partial charge in [-0.05, 0) is 87.3 Å². The number of piperidine rings is 2. The number of carbonyl (C=O) groups excluding carboxylic acids is 3. The third-order valence-corrected chi connectivity index (χ3v) is 11.0. The second-order valence-electron chi connectivity index (χ2n) is 16.2. The first-order chi connectivity index (χ1) is 24.7. The third kappa shape index (κ3) is 8.23. The van der Waals surface area contributed by atoms with Gasteiger partial charge in [-0.3, -0.25) is 33.4 Å². The molecule has 0 N–H and O–H groups in total. The van der Waals surface area contributed by atoms with Crippen molar-refractivity contribution < 1.29 is 23.9 Å². The quantitative estimate of drug-likeness (QED) is 0.284. The van der Waals surface area contributed by atoms with E-state index < -0.39 is 11.6 Å². The van der Waals surface area contributed by atoms with Crippen LogP contribution in [0.25, 0.3) is 11.0 Å². The van der Waals surface area contributed by atoms with Crippen LogP contribution in [0.3, 0.4) is 0 Å². The van der Waals surface area contributed by atoms with Gasteiger partial charge in [-0.1, -0.05) is 32.0 Å². The first-order valence-corrected chi connectivity index (χ1v) is 18.8. The highest BCUT2D eigenvalue weighted by Gasteiger charge is 2.38. The van der Waals surface area contributed by atoms with E-state index in [1.807, 2.05) is 56.0 Å². The van der Waals surface area contributed by atoms with Crippen molar-refractivity contribution in [2.45, 2.75) is 91.1 Å². The number of methoxy groups -OCH3 is 1. The van der Waals surface area contributed by atoms with Gasteiger partial charge in [0.2, 0.25) is 5.91 Å². The van der Waals surface area contributed by atoms with E-state index in [2.05, 4.69) is 35.8 Å². The number of fused-ring (bicyclic) bond motifs is 1. The molecule has 0 saturated carbocycles. The normalized spacial score (nSPS) is 21.4. The zero-order valence-electron chi connectivity index (χ0n) is 32.0. The number of aromatic nitrogens is 2. The maximum atomic E-state index is 13.8. The van der Waals surface area contributed by atoms with Crippen LogP contribution < -0.4 is 10.4 Å². The van der Waals surface area contributed by atoms with Crippen molar-refractivity contribution in [2.75, 3.05) is 46.4 Å². The van der Waals surface area contributed by atoms with Gasteiger partial charge in [-0.2, -0.15) is 0 Å². The van der Waals surface area contributed by atoms with E-state index >= 15 is 0 Å². The van der Waals surface area contributed by atoms with Gasteiger partial charge in [0.25, 0.3) is 5.91 Å². The van der Waals surface area contributed by atoms with Gasteiger partial charge in [0.15, 0.2) is 0 Å². The molecule has 3 aliphatic rings. The zero-order chi connectivity index (χ0) is 37.3. The molecule has 3 amide bonds. The van der Waals surface area contributed by atoms with Crippen LogP contribution in [0.4, 0.5) is 4.79 Å². The molecule has 3 saturated heterocycles. The lowest BCUT2D eigenvalue weighted by atomic mass is 9.93. The van der Waals surface area contributed by atoms with Crippen molar-refractivity contribution in [1.29, 1.82) is 0 Å². The van der Waals surface area contributed by atoms with Gasteiger partial charge >= 0.3 is 11.8 Å². The van der Waals surface area contributed by atoms with Gasteiger partial charge < -0.3 is 14.4 Å². The SMILES string of the molecule is COc1ccc(CN2C(=O)CCC(n3c(=O)n(C)c4cc(CN5CCN(CC6CCN(C(=O)OC(C)(C)C)CC6)[C@@H](C(C)C)C5)ccc43)C2=O)cc1. The molecule has 0 spiro atoms. The molecule has 4 heterocycles. The van der Waals surface area contributed by atoms with Gasteiger partial charge in [0, 0.05) is 65.3 Å². The van der Waals surface area contributed by atoms with E-state index in [4.69, 9.17) is 9.47 Å². The minimum absolute atomic E-state index is 0.153. The van der Waals surface area contributed by atoms with Crippen LogP contribution in [0.2, 0.25) is 0 Å². The first-order valence-electron chi connectivity index (χ1n) is 18.8. The third-order valence-electron chi connectivity index (χ3n) is 11.0. The number of likely N-dealkylation sites (tertiary alicyclic amines) is 2. The predicted octanol–water partition coefficient (Wildman–Crippen LogP) is 5.03. The fourth-order valence-electron chi connectivity index (χ4n) is 8.07. The minimum Gasteiger partial charge on any atom is -0.497 e. The van der Waals surface area contributed by atoms with Crippen molar-refractivity contribution in [2.24, 2.45) is 18.9 Å². The molecule has 52 heavy (non-hydrogen) atoms. The van der Waals surface area contributed by atoms with E-state index in [0.29, 0.717) is 35.6 Å². The van der Waals surface area contributed by atoms with Crippen LogP contribution >= 0.6 is 0 Å². The zero-order valence-corrected chi connectivity index (χ0v) is 32.0. The molecule has 2 atom stereocenters. The topological polar surface area (TPSA) is 110 Å². The number of amides is 3. The molecule has 1 unspecified atom stereocenters. The molecule has 3 aromatic rings. The fourth-order valence-corrected chi connectivity index (χ4v) is 8.07. The number of rotatable bonds is 9. The number of hydrogen-bond donors (Lipinski definition) is 0. The largest absolute Gasteiger partial charge is 0.497 e. The molecule has 12 nitrogen and oxygen atoms in total. The van der Waals surface area contributed by atoms with Gasteiger partial charge in [-0.15, -0.1) is 0 Å². The Morgan fingerprint density at radius 1 is 0.885 bits per heavy atom. The summed E-state index contributed by atoms with van der Waals surface area (Å²) in [6, 6.07) is 13.1. The maximum absolute atomic E-state index is 13.8. The summed E-state index contributed by atoms with van der Waals surface area (Å²) in [5.41, 5.74) is 2.69. The number of imidazole rings is 1. The molecule has 6 rings (SSSR count). The summed E-state index contributed by atoms with van der Waals surface area (Å²) in [6.45, 7) is 16.7. The Morgan fingerprint density at radius 2 is 1.58 bits per heavy atom. The van der Waals surface area contributed by atoms with Gasteiger partial charge in [0.1, 0.15) is 17.4 Å². The number of piperazine rings is 1. The fraction of sp³-hybridized carbons (Fsp3) is 0.600. The van der Waals surface area contributed by atoms with Crippen LogP contribution in [0.1, 0.15) is 77.5 Å². The van der Waals surface area contributed by atoms with Gasteiger partial charge in [-0.25, -0.2) is 9.59 Å². The number of hydrogen-bond acceptors (Lipinski definition) is 8. The average molecular weight is 717 g/mol. The van der Waals surface area contributed by atoms with Gasteiger partial charge in [0.05, 0.1) is 24.7 Å². The summed E-state index contributed by atoms with van der Waals surface area (Å²) >= 11 is 0. The van der Waals surface area contributed by atoms with Crippen LogP contribution in [0, 0.1) is 11.8 Å². The number of benzene rings is 2. The second-order valence-corrected chi connectivity index (χ2v) is 16.2. The average Bonchev–Trinajstić information content (AvgIpc) is 3.35. The molecular formula is C40H56N6O6. The number of aryl methyl sites for hydroxylation is 1. The molecule has 0 radical (unpaired) electrons. The van der Waals surface area contributed by atoms with Crippen LogP contribution in [-0.2, 0) is 34.5 Å². The maximum Gasteiger partial charge on any atom is 0.410 e. The van der Waals surface area contributed by atoms with Crippen molar-refractivity contribution >= 4 is 28.9 Å². The standard InChI is InChI=1S/C40H56N6O6/c1-27(2)35-26-42(20-21-44(35)24-29-16-18-43(19-17-29)39(50)52-40(3,4)5)23-30-10-13-32-34(22-30)41(6)38(49)46(32)33-14-15-36(47)45(37(33)48)25-28-8-11-31(51-7)12-9-28/h8-13,22,27,29,33,35H,14-21,23-26H2,1-7H3/t33?,35-/m1/s1. The molecule has 282 valence electrons. The summed E-state index contributed by atoms with van der Waals surface area (Å²) in [4.78, 5) is 61.3. The number of imide groups is 1. The lowest BCUT2D eigenvalue weighted by Crippen LogP contribution is -2.56. The predicted molar refractivity (Wildman–Crippen MR) is 200 cm³/mol. The van der Waals surface area contributed by atoms with Crippen molar-refractivity contribution in [3.05, 3.63) is 64.1 Å². The second kappa shape index (κ2) is 15.4. The smallest absolute Gasteiger partial charge is 0.410 e. The van der Waals surface area contributed by atoms with E-state index in [1.54, 1.807) is 23.3 Å². The minimum atomic E-state index is -0.748. The summed E-state index contributed by atoms with van der Waals surface area (Å²) in [5.74, 6) is 1.18. The monoisotopic (exact) mass is 716 g/mol. The molecular weight excluding hydrogens is 660 g/mol. The summed E-state index contributed by atoms with van der Waals surface area (Å²) < 4.78 is 14.0. The number of carbonyl (C=O) groups is 3. The van der Waals surface area contributed by atoms with E-state index in [9.17, 15) is 19.2 Å². The summed E-state index contributed by atoms with van der Waals surface area (Å²) in [6.07, 6.45) is 2.27. The Bertz CT molecular complexity index is 1820. The van der Waals surface area contributed by atoms with Crippen LogP contribution in [-0.4, -0.2) is 105 Å². The molecule has 3 fully saturated rings. The summed E-state index contributed by atoms with van der Waals surface area (Å²) in [5, 5.41) is 0. The first kappa shape index (κ1) is 37.6. The Labute approximate surface area is 307 Å². The van der Waals surface area contributed by atoms with E-state index in [1.165, 1.54) is 4.90 Å². The Balaban J connectivity index is 1.10. The Morgan fingerprint density at radius 3 is 2.23 bits per heavy atom. The highest BCUT2D eigenvalue weighted by Crippen LogP contribution is 2.30. The van der Waals surface area contributed by atoms with Crippen molar-refractivity contribution in [1.82, 2.24) is 28.7 Å². The van der Waals surface area contributed by atoms with Crippen molar-refractivity contribution in [3.8, 4) is 5.75 Å². The van der Waals surface area contributed by atoms with Crippen LogP contribution in [0.15, 0.2) is 47.3 Å². The summed E-state index contributed by atoms with van der Waals surface area (Å²) in [7, 11) is 3.35. The molecule has 0 bridgehead atoms. The molecule has 1 aromatic heterocycles. The highest BCUT2D eigenvalue weighted by atomic mass is 16.6. The molecule has 12 heteroatoms. The van der Waals surface area contributed by atoms with Crippen molar-refractivity contribution in [3.63, 3.8) is 0 Å². The molecule has 2 aromatic carbocycles. The Hall–Kier alpha value is -4.16. The highest BCUT2D eigenvalue weighted by molar-refractivity contribution is 6.00.